The van der Waals surface area contributed by atoms with E-state index in [9.17, 15) is 4.79 Å². The van der Waals surface area contributed by atoms with E-state index in [4.69, 9.17) is 30.7 Å². The first-order valence-corrected chi connectivity index (χ1v) is 7.08. The first-order chi connectivity index (χ1) is 11.1. The lowest BCUT2D eigenvalue weighted by Gasteiger charge is -2.10. The number of carbonyl (C=O) groups is 1. The molecule has 0 aliphatic carbocycles. The normalized spacial score (nSPS) is 10.4. The monoisotopic (exact) mass is 341 g/mol. The number of aromatic nitrogens is 2. The molecule has 1 aromatic carbocycles. The summed E-state index contributed by atoms with van der Waals surface area (Å²) in [4.78, 5) is 15.2. The van der Waals surface area contributed by atoms with Crippen molar-refractivity contribution in [2.24, 2.45) is 0 Å². The van der Waals surface area contributed by atoms with Crippen molar-refractivity contribution < 1.29 is 23.9 Å². The summed E-state index contributed by atoms with van der Waals surface area (Å²) in [5.74, 6) is 1.11. The van der Waals surface area contributed by atoms with E-state index in [1.165, 1.54) is 14.2 Å². The number of halogens is 1. The van der Waals surface area contributed by atoms with E-state index in [1.807, 2.05) is 0 Å². The van der Waals surface area contributed by atoms with Gasteiger partial charge in [0.1, 0.15) is 6.61 Å². The maximum Gasteiger partial charge on any atom is 0.245 e. The lowest BCUT2D eigenvalue weighted by Crippen LogP contribution is -2.28. The molecule has 1 heterocycles. The molecule has 23 heavy (non-hydrogen) atoms. The quantitative estimate of drug-likeness (QED) is 0.775. The third kappa shape index (κ3) is 4.11. The van der Waals surface area contributed by atoms with Crippen LogP contribution in [0.15, 0.2) is 16.7 Å². The molecule has 2 N–H and O–H groups in total. The zero-order valence-corrected chi connectivity index (χ0v) is 13.4. The third-order valence-electron chi connectivity index (χ3n) is 2.96. The Balaban J connectivity index is 2.14. The Morgan fingerprint density at radius 2 is 2.17 bits per heavy atom. The van der Waals surface area contributed by atoms with Gasteiger partial charge in [-0.25, -0.2) is 0 Å². The second-order valence-corrected chi connectivity index (χ2v) is 4.87. The molecule has 0 atom stereocenters. The van der Waals surface area contributed by atoms with Gasteiger partial charge in [0.15, 0.2) is 11.5 Å². The number of ether oxygens (including phenoxy) is 2. The summed E-state index contributed by atoms with van der Waals surface area (Å²) in [5.41, 5.74) is 0.613. The summed E-state index contributed by atoms with van der Waals surface area (Å²) < 4.78 is 15.5. The molecule has 0 unspecified atom stereocenters. The van der Waals surface area contributed by atoms with Crippen molar-refractivity contribution in [3.05, 3.63) is 23.0 Å². The van der Waals surface area contributed by atoms with Crippen LogP contribution in [0.2, 0.25) is 5.02 Å². The van der Waals surface area contributed by atoms with Crippen LogP contribution in [0.4, 0.5) is 0 Å². The second kappa shape index (κ2) is 7.80. The number of benzene rings is 1. The van der Waals surface area contributed by atoms with E-state index in [0.717, 1.165) is 0 Å². The van der Waals surface area contributed by atoms with Crippen LogP contribution in [0, 0.1) is 0 Å². The number of rotatable bonds is 7. The summed E-state index contributed by atoms with van der Waals surface area (Å²) in [7, 11) is 3.00. The Kier molecular flexibility index (Phi) is 5.78. The van der Waals surface area contributed by atoms with Gasteiger partial charge in [0, 0.05) is 18.5 Å². The molecule has 0 saturated carbocycles. The molecule has 0 radical (unpaired) electrons. The van der Waals surface area contributed by atoms with Crippen molar-refractivity contribution in [2.45, 2.75) is 6.42 Å². The van der Waals surface area contributed by atoms with Gasteiger partial charge in [0.2, 0.25) is 17.6 Å². The molecule has 0 aliphatic rings. The molecular weight excluding hydrogens is 326 g/mol. The fraction of sp³-hybridized carbons (Fsp3) is 0.357. The summed E-state index contributed by atoms with van der Waals surface area (Å²) >= 11 is 6.14. The SMILES string of the molecule is COc1cc(-c2noc(CCNC(=O)CO)n2)cc(Cl)c1OC. The van der Waals surface area contributed by atoms with Gasteiger partial charge in [-0.15, -0.1) is 0 Å². The topological polar surface area (TPSA) is 107 Å². The van der Waals surface area contributed by atoms with Crippen LogP contribution in [0.5, 0.6) is 11.5 Å². The number of aliphatic hydroxyl groups is 1. The van der Waals surface area contributed by atoms with Gasteiger partial charge < -0.3 is 24.4 Å². The van der Waals surface area contributed by atoms with Crippen LogP contribution in [0.25, 0.3) is 11.4 Å². The molecule has 9 heteroatoms. The Hall–Kier alpha value is -2.32. The van der Waals surface area contributed by atoms with E-state index in [2.05, 4.69) is 15.5 Å². The minimum absolute atomic E-state index is 0.285. The largest absolute Gasteiger partial charge is 0.493 e. The fourth-order valence-electron chi connectivity index (χ4n) is 1.89. The number of aliphatic hydroxyl groups excluding tert-OH is 1. The standard InChI is InChI=1S/C14H16ClN3O5/c1-21-10-6-8(5-9(15)13(10)22-2)14-17-12(23-18-14)3-4-16-11(20)7-19/h5-6,19H,3-4,7H2,1-2H3,(H,16,20). The number of amides is 1. The highest BCUT2D eigenvalue weighted by molar-refractivity contribution is 6.32. The Labute approximate surface area is 137 Å². The number of hydrogen-bond acceptors (Lipinski definition) is 7. The first kappa shape index (κ1) is 17.0. The van der Waals surface area contributed by atoms with Crippen molar-refractivity contribution in [3.63, 3.8) is 0 Å². The van der Waals surface area contributed by atoms with Gasteiger partial charge in [-0.1, -0.05) is 16.8 Å². The molecule has 0 bridgehead atoms. The van der Waals surface area contributed by atoms with Crippen molar-refractivity contribution in [2.75, 3.05) is 27.4 Å². The minimum Gasteiger partial charge on any atom is -0.493 e. The Morgan fingerprint density at radius 3 is 2.83 bits per heavy atom. The number of carbonyl (C=O) groups excluding carboxylic acids is 1. The second-order valence-electron chi connectivity index (χ2n) is 4.46. The van der Waals surface area contributed by atoms with E-state index in [-0.39, 0.29) is 6.54 Å². The smallest absolute Gasteiger partial charge is 0.245 e. The lowest BCUT2D eigenvalue weighted by atomic mass is 10.2. The van der Waals surface area contributed by atoms with Gasteiger partial charge in [0.25, 0.3) is 0 Å². The van der Waals surface area contributed by atoms with E-state index >= 15 is 0 Å². The summed E-state index contributed by atoms with van der Waals surface area (Å²) in [6.45, 7) is -0.271. The number of nitrogens with zero attached hydrogens (tertiary/aromatic N) is 2. The van der Waals surface area contributed by atoms with Crippen LogP contribution in [-0.2, 0) is 11.2 Å². The van der Waals surface area contributed by atoms with Crippen LogP contribution >= 0.6 is 11.6 Å². The van der Waals surface area contributed by atoms with Gasteiger partial charge in [-0.3, -0.25) is 4.79 Å². The molecule has 0 aliphatic heterocycles. The molecule has 8 nitrogen and oxygen atoms in total. The van der Waals surface area contributed by atoms with Crippen LogP contribution in [0.1, 0.15) is 5.89 Å². The minimum atomic E-state index is -0.556. The molecule has 2 rings (SSSR count). The van der Waals surface area contributed by atoms with E-state index in [1.54, 1.807) is 12.1 Å². The zero-order chi connectivity index (χ0) is 16.8. The Bertz CT molecular complexity index is 689. The lowest BCUT2D eigenvalue weighted by molar-refractivity contribution is -0.123. The van der Waals surface area contributed by atoms with Crippen LogP contribution in [0.3, 0.4) is 0 Å². The molecule has 1 aromatic heterocycles. The van der Waals surface area contributed by atoms with Crippen molar-refractivity contribution in [1.29, 1.82) is 0 Å². The highest BCUT2D eigenvalue weighted by Crippen LogP contribution is 2.38. The van der Waals surface area contributed by atoms with Crippen LogP contribution < -0.4 is 14.8 Å². The van der Waals surface area contributed by atoms with Crippen molar-refractivity contribution >= 4 is 17.5 Å². The molecule has 0 spiro atoms. The van der Waals surface area contributed by atoms with Crippen LogP contribution in [-0.4, -0.2) is 48.5 Å². The number of hydrogen-bond donors (Lipinski definition) is 2. The molecule has 1 amide bonds. The maximum absolute atomic E-state index is 10.9. The number of methoxy groups -OCH3 is 2. The van der Waals surface area contributed by atoms with Gasteiger partial charge in [-0.05, 0) is 12.1 Å². The summed E-state index contributed by atoms with van der Waals surface area (Å²) in [6, 6.07) is 3.33. The maximum atomic E-state index is 10.9. The average molecular weight is 342 g/mol. The average Bonchev–Trinajstić information content (AvgIpc) is 3.02. The van der Waals surface area contributed by atoms with Crippen molar-refractivity contribution in [1.82, 2.24) is 15.5 Å². The van der Waals surface area contributed by atoms with Gasteiger partial charge >= 0.3 is 0 Å². The summed E-state index contributed by atoms with van der Waals surface area (Å²) in [5, 5.41) is 15.3. The van der Waals surface area contributed by atoms with E-state index < -0.39 is 12.5 Å². The highest BCUT2D eigenvalue weighted by Gasteiger charge is 2.15. The van der Waals surface area contributed by atoms with Gasteiger partial charge in [0.05, 0.1) is 19.2 Å². The van der Waals surface area contributed by atoms with E-state index in [0.29, 0.717) is 40.2 Å². The zero-order valence-electron chi connectivity index (χ0n) is 12.6. The third-order valence-corrected chi connectivity index (χ3v) is 3.25. The first-order valence-electron chi connectivity index (χ1n) is 6.71. The Morgan fingerprint density at radius 1 is 1.39 bits per heavy atom. The molecule has 2 aromatic rings. The predicted molar refractivity (Wildman–Crippen MR) is 81.6 cm³/mol. The molecule has 124 valence electrons. The highest BCUT2D eigenvalue weighted by atomic mass is 35.5. The molecule has 0 fully saturated rings. The summed E-state index contributed by atoms with van der Waals surface area (Å²) in [6.07, 6.45) is 0.347. The number of nitrogens with one attached hydrogen (secondary N) is 1. The predicted octanol–water partition coefficient (Wildman–Crippen LogP) is 1.06. The van der Waals surface area contributed by atoms with Crippen molar-refractivity contribution in [3.8, 4) is 22.9 Å². The molecule has 0 saturated heterocycles. The fourth-order valence-corrected chi connectivity index (χ4v) is 2.17. The molecular formula is C14H16ClN3O5. The van der Waals surface area contributed by atoms with Gasteiger partial charge in [-0.2, -0.15) is 4.98 Å².